The summed E-state index contributed by atoms with van der Waals surface area (Å²) in [4.78, 5) is 11.5. The van der Waals surface area contributed by atoms with Crippen LogP contribution in [0.4, 0.5) is 0 Å². The van der Waals surface area contributed by atoms with E-state index in [2.05, 4.69) is 33.8 Å². The number of carbonyl (C=O) groups is 1. The molecule has 0 aromatic rings. The van der Waals surface area contributed by atoms with Crippen LogP contribution in [0.25, 0.3) is 0 Å². The summed E-state index contributed by atoms with van der Waals surface area (Å²) in [5.74, 6) is 0. The third kappa shape index (κ3) is 5.42. The zero-order valence-corrected chi connectivity index (χ0v) is 10.7. The maximum Gasteiger partial charge on any atom is 0.140 e. The van der Waals surface area contributed by atoms with E-state index in [1.807, 2.05) is 6.08 Å². The highest BCUT2D eigenvalue weighted by molar-refractivity contribution is 9.12. The summed E-state index contributed by atoms with van der Waals surface area (Å²) < 4.78 is 3.78. The van der Waals surface area contributed by atoms with Gasteiger partial charge in [0.1, 0.15) is 6.29 Å². The molecule has 0 amide bonds. The standard InChI is InChI=1S/C10H14BrNOS/c1-5-6-9(8(2)11)14-12-10(3,4)7-13/h5-7,12H,1-2H2,3-4H3/b9-6+. The molecule has 0 unspecified atom stereocenters. The van der Waals surface area contributed by atoms with Crippen LogP contribution in [0.2, 0.25) is 0 Å². The summed E-state index contributed by atoms with van der Waals surface area (Å²) in [5.41, 5.74) is -0.548. The van der Waals surface area contributed by atoms with E-state index in [1.54, 1.807) is 19.9 Å². The van der Waals surface area contributed by atoms with Gasteiger partial charge in [0, 0.05) is 9.39 Å². The Balaban J connectivity index is 4.35. The first-order valence-corrected chi connectivity index (χ1v) is 5.61. The van der Waals surface area contributed by atoms with Crippen LogP contribution in [0.15, 0.2) is 34.7 Å². The van der Waals surface area contributed by atoms with Crippen LogP contribution in [-0.2, 0) is 4.79 Å². The van der Waals surface area contributed by atoms with Gasteiger partial charge in [-0.3, -0.25) is 0 Å². The van der Waals surface area contributed by atoms with Gasteiger partial charge in [0.05, 0.1) is 5.54 Å². The van der Waals surface area contributed by atoms with Crippen molar-refractivity contribution in [3.8, 4) is 0 Å². The molecule has 0 aliphatic carbocycles. The van der Waals surface area contributed by atoms with Gasteiger partial charge >= 0.3 is 0 Å². The lowest BCUT2D eigenvalue weighted by atomic mass is 10.1. The summed E-state index contributed by atoms with van der Waals surface area (Å²) in [5, 5.41) is 0. The Bertz CT molecular complexity index is 271. The van der Waals surface area contributed by atoms with E-state index >= 15 is 0 Å². The minimum absolute atomic E-state index is 0.548. The van der Waals surface area contributed by atoms with Crippen molar-refractivity contribution in [1.82, 2.24) is 4.72 Å². The number of halogens is 1. The van der Waals surface area contributed by atoms with Gasteiger partial charge in [-0.25, -0.2) is 4.72 Å². The first-order chi connectivity index (χ1) is 6.43. The van der Waals surface area contributed by atoms with Gasteiger partial charge in [-0.05, 0) is 31.9 Å². The van der Waals surface area contributed by atoms with Gasteiger partial charge in [-0.15, -0.1) is 0 Å². The Morgan fingerprint density at radius 2 is 2.14 bits per heavy atom. The highest BCUT2D eigenvalue weighted by Crippen LogP contribution is 2.26. The van der Waals surface area contributed by atoms with E-state index in [0.29, 0.717) is 0 Å². The smallest absolute Gasteiger partial charge is 0.140 e. The van der Waals surface area contributed by atoms with Gasteiger partial charge in [-0.1, -0.05) is 35.2 Å². The van der Waals surface area contributed by atoms with Gasteiger partial charge < -0.3 is 4.79 Å². The molecule has 78 valence electrons. The maximum absolute atomic E-state index is 10.6. The molecule has 0 saturated carbocycles. The predicted molar refractivity (Wildman–Crippen MR) is 67.2 cm³/mol. The number of carbonyl (C=O) groups excluding carboxylic acids is 1. The zero-order chi connectivity index (χ0) is 11.2. The second-order valence-corrected chi connectivity index (χ2v) is 5.02. The molecule has 0 aliphatic rings. The lowest BCUT2D eigenvalue weighted by molar-refractivity contribution is -0.111. The van der Waals surface area contributed by atoms with E-state index in [-0.39, 0.29) is 0 Å². The van der Waals surface area contributed by atoms with Crippen LogP contribution in [-0.4, -0.2) is 11.8 Å². The molecule has 2 nitrogen and oxygen atoms in total. The Morgan fingerprint density at radius 3 is 2.50 bits per heavy atom. The highest BCUT2D eigenvalue weighted by atomic mass is 79.9. The van der Waals surface area contributed by atoms with Crippen molar-refractivity contribution in [2.75, 3.05) is 0 Å². The molecule has 0 aromatic carbocycles. The lowest BCUT2D eigenvalue weighted by Crippen LogP contribution is -2.35. The van der Waals surface area contributed by atoms with Crippen molar-refractivity contribution in [3.63, 3.8) is 0 Å². The van der Waals surface area contributed by atoms with Crippen LogP contribution >= 0.6 is 27.9 Å². The monoisotopic (exact) mass is 275 g/mol. The van der Waals surface area contributed by atoms with Gasteiger partial charge in [0.2, 0.25) is 0 Å². The second-order valence-electron chi connectivity index (χ2n) is 3.22. The van der Waals surface area contributed by atoms with Gasteiger partial charge in [0.25, 0.3) is 0 Å². The van der Waals surface area contributed by atoms with E-state index < -0.39 is 5.54 Å². The Kier molecular flexibility index (Phi) is 6.08. The number of rotatable bonds is 6. The zero-order valence-electron chi connectivity index (χ0n) is 8.34. The van der Waals surface area contributed by atoms with Crippen LogP contribution in [0.5, 0.6) is 0 Å². The third-order valence-electron chi connectivity index (χ3n) is 1.26. The first kappa shape index (κ1) is 13.7. The molecular weight excluding hydrogens is 262 g/mol. The SMILES string of the molecule is C=C/C=C(/SNC(C)(C)C=O)C(=C)Br. The fraction of sp³-hybridized carbons (Fsp3) is 0.300. The molecular formula is C10H14BrNOS. The van der Waals surface area contributed by atoms with Crippen molar-refractivity contribution in [2.24, 2.45) is 0 Å². The van der Waals surface area contributed by atoms with E-state index in [4.69, 9.17) is 0 Å². The molecule has 0 heterocycles. The van der Waals surface area contributed by atoms with Crippen molar-refractivity contribution < 1.29 is 4.79 Å². The Morgan fingerprint density at radius 1 is 1.57 bits per heavy atom. The molecule has 14 heavy (non-hydrogen) atoms. The van der Waals surface area contributed by atoms with Gasteiger partial charge in [-0.2, -0.15) is 0 Å². The number of allylic oxidation sites excluding steroid dienone is 3. The summed E-state index contributed by atoms with van der Waals surface area (Å²) in [6, 6.07) is 0. The van der Waals surface area contributed by atoms with Crippen LogP contribution in [0.3, 0.4) is 0 Å². The van der Waals surface area contributed by atoms with Crippen molar-refractivity contribution >= 4 is 34.2 Å². The van der Waals surface area contributed by atoms with Crippen LogP contribution in [0.1, 0.15) is 13.8 Å². The summed E-state index contributed by atoms with van der Waals surface area (Å²) in [7, 11) is 0. The average molecular weight is 276 g/mol. The summed E-state index contributed by atoms with van der Waals surface area (Å²) >= 11 is 4.62. The highest BCUT2D eigenvalue weighted by Gasteiger charge is 2.16. The average Bonchev–Trinajstić information content (AvgIpc) is 2.12. The van der Waals surface area contributed by atoms with E-state index in [9.17, 15) is 4.79 Å². The molecule has 0 fully saturated rings. The van der Waals surface area contributed by atoms with Crippen LogP contribution < -0.4 is 4.72 Å². The summed E-state index contributed by atoms with van der Waals surface area (Å²) in [6.07, 6.45) is 4.35. The molecule has 0 rings (SSSR count). The topological polar surface area (TPSA) is 29.1 Å². The number of hydrogen-bond donors (Lipinski definition) is 1. The fourth-order valence-corrected chi connectivity index (χ4v) is 1.57. The molecule has 0 bridgehead atoms. The normalized spacial score (nSPS) is 12.4. The quantitative estimate of drug-likeness (QED) is 0.459. The minimum Gasteiger partial charge on any atom is -0.301 e. The number of nitrogens with one attached hydrogen (secondary N) is 1. The van der Waals surface area contributed by atoms with Gasteiger partial charge in [0.15, 0.2) is 0 Å². The van der Waals surface area contributed by atoms with Crippen molar-refractivity contribution in [2.45, 2.75) is 19.4 Å². The molecule has 0 aliphatic heterocycles. The Hall–Kier alpha value is -0.320. The Labute approximate surface area is 97.8 Å². The third-order valence-corrected chi connectivity index (χ3v) is 3.18. The first-order valence-electron chi connectivity index (χ1n) is 4.01. The molecule has 0 aromatic heterocycles. The largest absolute Gasteiger partial charge is 0.301 e. The molecule has 0 spiro atoms. The maximum atomic E-state index is 10.6. The molecule has 1 N–H and O–H groups in total. The van der Waals surface area contributed by atoms with E-state index in [1.165, 1.54) is 11.9 Å². The second kappa shape index (κ2) is 6.22. The molecule has 0 saturated heterocycles. The minimum atomic E-state index is -0.548. The molecule has 0 radical (unpaired) electrons. The van der Waals surface area contributed by atoms with Crippen molar-refractivity contribution in [1.29, 1.82) is 0 Å². The van der Waals surface area contributed by atoms with Crippen LogP contribution in [0, 0.1) is 0 Å². The number of aldehydes is 1. The van der Waals surface area contributed by atoms with E-state index in [0.717, 1.165) is 15.7 Å². The lowest BCUT2D eigenvalue weighted by Gasteiger charge is -2.18. The molecule has 4 heteroatoms. The number of hydrogen-bond acceptors (Lipinski definition) is 3. The predicted octanol–water partition coefficient (Wildman–Crippen LogP) is 3.18. The fourth-order valence-electron chi connectivity index (χ4n) is 0.497. The molecule has 0 atom stereocenters. The van der Waals surface area contributed by atoms with Crippen molar-refractivity contribution in [3.05, 3.63) is 34.7 Å². The summed E-state index contributed by atoms with van der Waals surface area (Å²) in [6.45, 7) is 11.0.